The number of rotatable bonds is 1. The Morgan fingerprint density at radius 2 is 2.08 bits per heavy atom. The highest BCUT2D eigenvalue weighted by Gasteiger charge is 2.12. The van der Waals surface area contributed by atoms with Crippen LogP contribution in [0, 0.1) is 6.92 Å². The fraction of sp³-hybridized carbons (Fsp3) is 0.167. The third-order valence-corrected chi connectivity index (χ3v) is 2.12. The van der Waals surface area contributed by atoms with Gasteiger partial charge in [-0.1, -0.05) is 6.07 Å². The van der Waals surface area contributed by atoms with Gasteiger partial charge in [0.15, 0.2) is 5.03 Å². The van der Waals surface area contributed by atoms with Crippen molar-refractivity contribution in [2.75, 3.05) is 0 Å². The molecule has 1 heterocycles. The number of aromatic nitrogens is 1. The second kappa shape index (κ2) is 3.61. The van der Waals surface area contributed by atoms with E-state index in [-0.39, 0.29) is 10.5 Å². The highest BCUT2D eigenvalue weighted by molar-refractivity contribution is 7.85. The predicted molar refractivity (Wildman–Crippen MR) is 42.4 cm³/mol. The zero-order valence-electron chi connectivity index (χ0n) is 6.35. The lowest BCUT2D eigenvalue weighted by molar-refractivity contribution is 0.478. The van der Waals surface area contributed by atoms with Gasteiger partial charge in [-0.2, -0.15) is 8.42 Å². The molecule has 0 fully saturated rings. The fourth-order valence-electron chi connectivity index (χ4n) is 0.741. The number of nitrogens with zero attached hydrogens (tertiary/aromatic N) is 1. The predicted octanol–water partition coefficient (Wildman–Crippen LogP) is -0.188. The Morgan fingerprint density at radius 3 is 2.42 bits per heavy atom. The van der Waals surface area contributed by atoms with E-state index in [9.17, 15) is 8.42 Å². The second-order valence-corrected chi connectivity index (χ2v) is 3.44. The van der Waals surface area contributed by atoms with Crippen LogP contribution in [0.2, 0.25) is 0 Å². The number of pyridine rings is 1. The van der Waals surface area contributed by atoms with Crippen LogP contribution in [0.1, 0.15) is 5.56 Å². The monoisotopic (exact) mass is 191 g/mol. The van der Waals surface area contributed by atoms with Crippen molar-refractivity contribution in [2.24, 2.45) is 0 Å². The first kappa shape index (κ1) is 11.0. The molecule has 0 saturated carbocycles. The molecule has 1 aromatic rings. The van der Waals surface area contributed by atoms with Crippen molar-refractivity contribution < 1.29 is 18.4 Å². The van der Waals surface area contributed by atoms with Gasteiger partial charge in [-0.25, -0.2) is 4.98 Å². The van der Waals surface area contributed by atoms with Gasteiger partial charge in [-0.15, -0.1) is 0 Å². The van der Waals surface area contributed by atoms with Gasteiger partial charge in [-0.3, -0.25) is 4.55 Å². The van der Waals surface area contributed by atoms with E-state index in [1.54, 1.807) is 19.1 Å². The van der Waals surface area contributed by atoms with Crippen LogP contribution in [-0.2, 0) is 10.1 Å². The Kier molecular flexibility index (Phi) is 3.32. The lowest BCUT2D eigenvalue weighted by atomic mass is 10.3. The molecule has 1 aromatic heterocycles. The number of hydrogen-bond acceptors (Lipinski definition) is 3. The quantitative estimate of drug-likeness (QED) is 0.622. The third kappa shape index (κ3) is 2.26. The molecular formula is C6H9NO4S. The van der Waals surface area contributed by atoms with E-state index in [1.165, 1.54) is 6.20 Å². The van der Waals surface area contributed by atoms with Gasteiger partial charge in [0.25, 0.3) is 0 Å². The van der Waals surface area contributed by atoms with E-state index >= 15 is 0 Å². The van der Waals surface area contributed by atoms with Crippen molar-refractivity contribution in [3.8, 4) is 0 Å². The first-order valence-corrected chi connectivity index (χ1v) is 4.35. The molecule has 0 amide bonds. The maximum Gasteiger partial charge on any atom is 0.312 e. The van der Waals surface area contributed by atoms with Crippen molar-refractivity contribution in [2.45, 2.75) is 11.9 Å². The van der Waals surface area contributed by atoms with Crippen LogP contribution in [0.15, 0.2) is 23.4 Å². The molecule has 0 unspecified atom stereocenters. The highest BCUT2D eigenvalue weighted by Crippen LogP contribution is 2.08. The summed E-state index contributed by atoms with van der Waals surface area (Å²) in [6.45, 7) is 1.57. The van der Waals surface area contributed by atoms with Gasteiger partial charge in [0, 0.05) is 6.20 Å². The standard InChI is InChI=1S/C6H7NO3S.H2O/c1-5-3-2-4-7-6(5)11(8,9)10;/h2-4H,1H3,(H,8,9,10);1H2. The molecule has 0 aliphatic rings. The Morgan fingerprint density at radius 1 is 1.50 bits per heavy atom. The van der Waals surface area contributed by atoms with Gasteiger partial charge in [0.05, 0.1) is 0 Å². The Bertz CT molecular complexity index is 360. The lowest BCUT2D eigenvalue weighted by Crippen LogP contribution is -2.02. The van der Waals surface area contributed by atoms with Crippen LogP contribution >= 0.6 is 0 Å². The minimum absolute atomic E-state index is 0. The largest absolute Gasteiger partial charge is 0.412 e. The fourth-order valence-corrected chi connectivity index (χ4v) is 1.41. The smallest absolute Gasteiger partial charge is 0.312 e. The summed E-state index contributed by atoms with van der Waals surface area (Å²) in [5.74, 6) is 0. The summed E-state index contributed by atoms with van der Waals surface area (Å²) in [6, 6.07) is 3.17. The van der Waals surface area contributed by atoms with Crippen LogP contribution in [0.25, 0.3) is 0 Å². The first-order chi connectivity index (χ1) is 5.02. The van der Waals surface area contributed by atoms with Gasteiger partial charge >= 0.3 is 10.1 Å². The topological polar surface area (TPSA) is 98.8 Å². The molecule has 12 heavy (non-hydrogen) atoms. The summed E-state index contributed by atoms with van der Waals surface area (Å²) in [5.41, 5.74) is 0.440. The Labute approximate surface area is 70.1 Å². The lowest BCUT2D eigenvalue weighted by Gasteiger charge is -1.97. The highest BCUT2D eigenvalue weighted by atomic mass is 32.2. The minimum Gasteiger partial charge on any atom is -0.412 e. The van der Waals surface area contributed by atoms with E-state index in [0.717, 1.165) is 0 Å². The SMILES string of the molecule is Cc1cccnc1S(=O)(=O)O.O. The summed E-state index contributed by atoms with van der Waals surface area (Å²) >= 11 is 0. The minimum atomic E-state index is -4.14. The van der Waals surface area contributed by atoms with Gasteiger partial charge in [0.1, 0.15) is 0 Å². The summed E-state index contributed by atoms with van der Waals surface area (Å²) in [4.78, 5) is 3.51. The average molecular weight is 191 g/mol. The van der Waals surface area contributed by atoms with E-state index < -0.39 is 10.1 Å². The molecule has 0 spiro atoms. The molecule has 6 heteroatoms. The zero-order chi connectivity index (χ0) is 8.48. The van der Waals surface area contributed by atoms with Crippen LogP contribution in [0.3, 0.4) is 0 Å². The number of hydrogen-bond donors (Lipinski definition) is 1. The Hall–Kier alpha value is -0.980. The van der Waals surface area contributed by atoms with Gasteiger partial charge in [-0.05, 0) is 18.6 Å². The van der Waals surface area contributed by atoms with E-state index in [1.807, 2.05) is 0 Å². The molecule has 0 radical (unpaired) electrons. The number of aryl methyl sites for hydroxylation is 1. The first-order valence-electron chi connectivity index (χ1n) is 2.91. The average Bonchev–Trinajstić information content (AvgIpc) is 1.86. The molecular weight excluding hydrogens is 182 g/mol. The summed E-state index contributed by atoms with van der Waals surface area (Å²) in [5, 5.41) is -0.278. The van der Waals surface area contributed by atoms with Crippen LogP contribution in [-0.4, -0.2) is 23.4 Å². The molecule has 0 aliphatic heterocycles. The van der Waals surface area contributed by atoms with Crippen molar-refractivity contribution in [1.82, 2.24) is 4.98 Å². The maximum absolute atomic E-state index is 10.5. The molecule has 0 atom stereocenters. The van der Waals surface area contributed by atoms with Crippen molar-refractivity contribution in [1.29, 1.82) is 0 Å². The molecule has 5 nitrogen and oxygen atoms in total. The Balaban J connectivity index is 0.00000121. The van der Waals surface area contributed by atoms with E-state index in [2.05, 4.69) is 4.98 Å². The molecule has 0 aliphatic carbocycles. The van der Waals surface area contributed by atoms with Gasteiger partial charge in [0.2, 0.25) is 0 Å². The van der Waals surface area contributed by atoms with Crippen LogP contribution < -0.4 is 0 Å². The summed E-state index contributed by atoms with van der Waals surface area (Å²) < 4.78 is 29.7. The second-order valence-electron chi connectivity index (χ2n) is 2.10. The zero-order valence-corrected chi connectivity index (χ0v) is 7.17. The van der Waals surface area contributed by atoms with Crippen LogP contribution in [0.5, 0.6) is 0 Å². The third-order valence-electron chi connectivity index (χ3n) is 1.21. The molecule has 0 saturated heterocycles. The van der Waals surface area contributed by atoms with Crippen molar-refractivity contribution in [3.05, 3.63) is 23.9 Å². The molecule has 0 aromatic carbocycles. The molecule has 1 rings (SSSR count). The van der Waals surface area contributed by atoms with Crippen molar-refractivity contribution in [3.63, 3.8) is 0 Å². The van der Waals surface area contributed by atoms with Crippen LogP contribution in [0.4, 0.5) is 0 Å². The molecule has 3 N–H and O–H groups in total. The molecule has 68 valence electrons. The molecule has 0 bridgehead atoms. The van der Waals surface area contributed by atoms with E-state index in [4.69, 9.17) is 4.55 Å². The summed E-state index contributed by atoms with van der Waals surface area (Å²) in [6.07, 6.45) is 1.32. The van der Waals surface area contributed by atoms with Crippen molar-refractivity contribution >= 4 is 10.1 Å². The van der Waals surface area contributed by atoms with E-state index in [0.29, 0.717) is 5.56 Å². The summed E-state index contributed by atoms with van der Waals surface area (Å²) in [7, 11) is -4.14. The van der Waals surface area contributed by atoms with Gasteiger partial charge < -0.3 is 5.48 Å². The maximum atomic E-state index is 10.5. The normalized spacial score (nSPS) is 10.5.